The van der Waals surface area contributed by atoms with E-state index in [0.29, 0.717) is 18.1 Å². The molecule has 1 unspecified atom stereocenters. The molecule has 29 heavy (non-hydrogen) atoms. The number of rotatable bonds is 6. The Morgan fingerprint density at radius 3 is 2.76 bits per heavy atom. The monoisotopic (exact) mass is 392 g/mol. The summed E-state index contributed by atoms with van der Waals surface area (Å²) in [6.45, 7) is 3.44. The smallest absolute Gasteiger partial charge is 0.248 e. The number of carbonyl (C=O) groups is 1. The van der Waals surface area contributed by atoms with Crippen LogP contribution in [0.4, 0.5) is 5.82 Å². The number of anilines is 1. The quantitative estimate of drug-likeness (QED) is 0.688. The summed E-state index contributed by atoms with van der Waals surface area (Å²) in [7, 11) is 0. The molecular weight excluding hydrogens is 368 g/mol. The summed E-state index contributed by atoms with van der Waals surface area (Å²) in [6.07, 6.45) is 7.26. The molecule has 0 bridgehead atoms. The van der Waals surface area contributed by atoms with Crippen LogP contribution in [0, 0.1) is 5.92 Å². The van der Waals surface area contributed by atoms with Crippen LogP contribution in [-0.4, -0.2) is 39.1 Å². The number of nitrogens with zero attached hydrogens (tertiary/aromatic N) is 5. The average Bonchev–Trinajstić information content (AvgIpc) is 3.24. The minimum Gasteiger partial charge on any atom is -0.355 e. The molecule has 4 rings (SSSR count). The molecule has 3 heterocycles. The summed E-state index contributed by atoms with van der Waals surface area (Å²) in [6, 6.07) is 9.66. The fourth-order valence-corrected chi connectivity index (χ4v) is 3.51. The Hall–Kier alpha value is -3.29. The zero-order valence-corrected chi connectivity index (χ0v) is 16.4. The van der Waals surface area contributed by atoms with Gasteiger partial charge in [-0.2, -0.15) is 4.98 Å². The number of piperidine rings is 1. The third-order valence-electron chi connectivity index (χ3n) is 5.16. The van der Waals surface area contributed by atoms with E-state index in [9.17, 15) is 4.79 Å². The molecule has 1 saturated heterocycles. The third-order valence-corrected chi connectivity index (χ3v) is 5.16. The van der Waals surface area contributed by atoms with Crippen molar-refractivity contribution in [2.75, 3.05) is 18.0 Å². The lowest BCUT2D eigenvalue weighted by Gasteiger charge is -2.32. The van der Waals surface area contributed by atoms with Gasteiger partial charge in [-0.05, 0) is 25.3 Å². The van der Waals surface area contributed by atoms with E-state index in [4.69, 9.17) is 4.52 Å². The standard InChI is InChI=1S/C21H24N6O2/c1-15(21-25-18(26-29-21)13-16-5-3-2-4-6-16)24-20(28)17-7-11-27(12-8-17)19-14-22-9-10-23-19/h2-6,9-10,14-15,17H,7-8,11-13H2,1H3,(H,24,28). The molecular formula is C21H24N6O2. The Morgan fingerprint density at radius 2 is 2.03 bits per heavy atom. The van der Waals surface area contributed by atoms with Crippen LogP contribution in [0.5, 0.6) is 0 Å². The molecule has 1 aromatic carbocycles. The average molecular weight is 392 g/mol. The fraction of sp³-hybridized carbons (Fsp3) is 0.381. The van der Waals surface area contributed by atoms with Crippen molar-refractivity contribution >= 4 is 11.7 Å². The second-order valence-corrected chi connectivity index (χ2v) is 7.27. The van der Waals surface area contributed by atoms with Gasteiger partial charge in [-0.25, -0.2) is 4.98 Å². The molecule has 1 atom stereocenters. The molecule has 1 aliphatic heterocycles. The number of carbonyl (C=O) groups excluding carboxylic acids is 1. The summed E-state index contributed by atoms with van der Waals surface area (Å²) in [4.78, 5) is 27.7. The van der Waals surface area contributed by atoms with E-state index in [0.717, 1.165) is 37.3 Å². The molecule has 150 valence electrons. The Kier molecular flexibility index (Phi) is 5.79. The van der Waals surface area contributed by atoms with E-state index in [1.54, 1.807) is 18.6 Å². The molecule has 1 N–H and O–H groups in total. The molecule has 1 aliphatic rings. The van der Waals surface area contributed by atoms with Gasteiger partial charge in [0.15, 0.2) is 5.82 Å². The highest BCUT2D eigenvalue weighted by molar-refractivity contribution is 5.79. The highest BCUT2D eigenvalue weighted by atomic mass is 16.5. The molecule has 8 heteroatoms. The van der Waals surface area contributed by atoms with Crippen molar-refractivity contribution in [2.45, 2.75) is 32.2 Å². The van der Waals surface area contributed by atoms with Gasteiger partial charge in [0.25, 0.3) is 0 Å². The zero-order valence-electron chi connectivity index (χ0n) is 16.4. The highest BCUT2D eigenvalue weighted by Crippen LogP contribution is 2.22. The van der Waals surface area contributed by atoms with Crippen molar-refractivity contribution < 1.29 is 9.32 Å². The lowest BCUT2D eigenvalue weighted by atomic mass is 9.95. The fourth-order valence-electron chi connectivity index (χ4n) is 3.51. The number of benzene rings is 1. The minimum atomic E-state index is -0.322. The second kappa shape index (κ2) is 8.81. The van der Waals surface area contributed by atoms with E-state index < -0.39 is 0 Å². The van der Waals surface area contributed by atoms with Crippen LogP contribution >= 0.6 is 0 Å². The number of hydrogen-bond donors (Lipinski definition) is 1. The normalized spacial score (nSPS) is 15.8. The van der Waals surface area contributed by atoms with Gasteiger partial charge in [-0.15, -0.1) is 0 Å². The first-order chi connectivity index (χ1) is 14.2. The Balaban J connectivity index is 1.29. The molecule has 0 radical (unpaired) electrons. The molecule has 0 aliphatic carbocycles. The lowest BCUT2D eigenvalue weighted by Crippen LogP contribution is -2.41. The summed E-state index contributed by atoms with van der Waals surface area (Å²) >= 11 is 0. The van der Waals surface area contributed by atoms with Crippen molar-refractivity contribution in [3.05, 3.63) is 66.2 Å². The van der Waals surface area contributed by atoms with Crippen molar-refractivity contribution in [1.82, 2.24) is 25.4 Å². The maximum Gasteiger partial charge on any atom is 0.248 e. The Bertz CT molecular complexity index is 923. The first kappa shape index (κ1) is 19.0. The van der Waals surface area contributed by atoms with Crippen LogP contribution < -0.4 is 10.2 Å². The van der Waals surface area contributed by atoms with Gasteiger partial charge >= 0.3 is 0 Å². The van der Waals surface area contributed by atoms with Crippen LogP contribution in [0.25, 0.3) is 0 Å². The molecule has 3 aromatic rings. The number of amides is 1. The topological polar surface area (TPSA) is 97.0 Å². The first-order valence-corrected chi connectivity index (χ1v) is 9.87. The molecule has 1 amide bonds. The molecule has 1 fully saturated rings. The van der Waals surface area contributed by atoms with Crippen LogP contribution in [0.15, 0.2) is 53.4 Å². The SMILES string of the molecule is CC(NC(=O)C1CCN(c2cnccn2)CC1)c1nc(Cc2ccccc2)no1. The van der Waals surface area contributed by atoms with E-state index in [-0.39, 0.29) is 17.9 Å². The van der Waals surface area contributed by atoms with Gasteiger partial charge in [0.05, 0.1) is 6.20 Å². The maximum atomic E-state index is 12.7. The Morgan fingerprint density at radius 1 is 1.24 bits per heavy atom. The second-order valence-electron chi connectivity index (χ2n) is 7.27. The third kappa shape index (κ3) is 4.77. The summed E-state index contributed by atoms with van der Waals surface area (Å²) in [5.41, 5.74) is 1.12. The largest absolute Gasteiger partial charge is 0.355 e. The summed E-state index contributed by atoms with van der Waals surface area (Å²) in [5, 5.41) is 7.05. The van der Waals surface area contributed by atoms with Gasteiger partial charge in [-0.1, -0.05) is 35.5 Å². The van der Waals surface area contributed by atoms with Gasteiger partial charge in [0, 0.05) is 37.8 Å². The molecule has 8 nitrogen and oxygen atoms in total. The highest BCUT2D eigenvalue weighted by Gasteiger charge is 2.27. The number of hydrogen-bond acceptors (Lipinski definition) is 7. The maximum absolute atomic E-state index is 12.7. The lowest BCUT2D eigenvalue weighted by molar-refractivity contribution is -0.126. The Labute approximate surface area is 169 Å². The van der Waals surface area contributed by atoms with Crippen molar-refractivity contribution in [3.8, 4) is 0 Å². The predicted octanol–water partition coefficient (Wildman–Crippen LogP) is 2.54. The van der Waals surface area contributed by atoms with Crippen molar-refractivity contribution in [1.29, 1.82) is 0 Å². The minimum absolute atomic E-state index is 0.0269. The molecule has 0 spiro atoms. The van der Waals surface area contributed by atoms with Crippen molar-refractivity contribution in [3.63, 3.8) is 0 Å². The van der Waals surface area contributed by atoms with Gasteiger partial charge in [0.2, 0.25) is 11.8 Å². The van der Waals surface area contributed by atoms with Crippen LogP contribution in [0.1, 0.15) is 43.1 Å². The van der Waals surface area contributed by atoms with Crippen LogP contribution in [0.3, 0.4) is 0 Å². The van der Waals surface area contributed by atoms with Gasteiger partial charge in [0.1, 0.15) is 11.9 Å². The van der Waals surface area contributed by atoms with Crippen LogP contribution in [0.2, 0.25) is 0 Å². The van der Waals surface area contributed by atoms with E-state index in [1.165, 1.54) is 0 Å². The van der Waals surface area contributed by atoms with Gasteiger partial charge < -0.3 is 14.7 Å². The van der Waals surface area contributed by atoms with Crippen molar-refractivity contribution in [2.24, 2.45) is 5.92 Å². The van der Waals surface area contributed by atoms with E-state index >= 15 is 0 Å². The van der Waals surface area contributed by atoms with E-state index in [1.807, 2.05) is 37.3 Å². The summed E-state index contributed by atoms with van der Waals surface area (Å²) < 4.78 is 5.36. The number of nitrogens with one attached hydrogen (secondary N) is 1. The van der Waals surface area contributed by atoms with E-state index in [2.05, 4.69) is 30.3 Å². The zero-order chi connectivity index (χ0) is 20.1. The first-order valence-electron chi connectivity index (χ1n) is 9.87. The predicted molar refractivity (Wildman–Crippen MR) is 107 cm³/mol. The summed E-state index contributed by atoms with van der Waals surface area (Å²) in [5.74, 6) is 1.90. The number of aromatic nitrogens is 4. The van der Waals surface area contributed by atoms with Crippen LogP contribution in [-0.2, 0) is 11.2 Å². The molecule has 0 saturated carbocycles. The van der Waals surface area contributed by atoms with Gasteiger partial charge in [-0.3, -0.25) is 9.78 Å². The molecule has 2 aromatic heterocycles.